The van der Waals surface area contributed by atoms with Crippen molar-refractivity contribution in [2.45, 2.75) is 25.4 Å². The smallest absolute Gasteiger partial charge is 0.304 e. The Balaban J connectivity index is 1.41. The molecule has 0 saturated carbocycles. The Bertz CT molecular complexity index is 1130. The maximum Gasteiger partial charge on any atom is 0.304 e. The normalized spacial score (nSPS) is 19.1. The van der Waals surface area contributed by atoms with Gasteiger partial charge in [-0.05, 0) is 41.8 Å². The molecule has 0 saturated heterocycles. The van der Waals surface area contributed by atoms with E-state index in [0.29, 0.717) is 30.5 Å². The number of rotatable bonds is 4. The lowest BCUT2D eigenvalue weighted by Crippen LogP contribution is -2.21. The first-order valence-electron chi connectivity index (χ1n) is 9.91. The minimum Gasteiger partial charge on any atom is -0.492 e. The highest BCUT2D eigenvalue weighted by Crippen LogP contribution is 2.46. The molecule has 5 rings (SSSR count). The van der Waals surface area contributed by atoms with Crippen LogP contribution in [0.4, 0.5) is 0 Å². The van der Waals surface area contributed by atoms with Crippen molar-refractivity contribution in [3.63, 3.8) is 0 Å². The summed E-state index contributed by atoms with van der Waals surface area (Å²) in [5.74, 6) is 0.914. The van der Waals surface area contributed by atoms with Crippen molar-refractivity contribution in [1.82, 2.24) is 4.98 Å². The molecule has 2 aliphatic rings. The third kappa shape index (κ3) is 3.34. The van der Waals surface area contributed by atoms with E-state index in [-0.39, 0.29) is 18.4 Å². The van der Waals surface area contributed by atoms with E-state index in [1.165, 1.54) is 0 Å². The van der Waals surface area contributed by atoms with Gasteiger partial charge in [-0.3, -0.25) is 9.78 Å². The molecule has 6 nitrogen and oxygen atoms in total. The standard InChI is InChI=1S/C24H21NO5/c1-14-5-6-25-11-19(14)15-3-2-4-16(7-15)23-13-29-21-9-18-17(8-24(26)27)12-28-20(18)10-22(21)30-23/h2-7,9-11,17,23H,8,12-13H2,1H3,(H,26,27)/t17-,23?/m1/s1. The molecule has 6 heteroatoms. The van der Waals surface area contributed by atoms with Crippen LogP contribution in [0.1, 0.15) is 35.1 Å². The summed E-state index contributed by atoms with van der Waals surface area (Å²) >= 11 is 0. The number of carbonyl (C=O) groups is 1. The van der Waals surface area contributed by atoms with Gasteiger partial charge in [-0.2, -0.15) is 0 Å². The van der Waals surface area contributed by atoms with Gasteiger partial charge in [0.25, 0.3) is 0 Å². The van der Waals surface area contributed by atoms with Crippen molar-refractivity contribution in [2.75, 3.05) is 13.2 Å². The van der Waals surface area contributed by atoms with Crippen LogP contribution < -0.4 is 14.2 Å². The Hall–Kier alpha value is -3.54. The van der Waals surface area contributed by atoms with E-state index in [1.54, 1.807) is 6.20 Å². The predicted octanol–water partition coefficient (Wildman–Crippen LogP) is 4.52. The number of pyridine rings is 1. The monoisotopic (exact) mass is 403 g/mol. The fourth-order valence-electron chi connectivity index (χ4n) is 4.06. The van der Waals surface area contributed by atoms with Gasteiger partial charge < -0.3 is 19.3 Å². The quantitative estimate of drug-likeness (QED) is 0.690. The molecule has 2 aliphatic heterocycles. The Morgan fingerprint density at radius 3 is 2.80 bits per heavy atom. The summed E-state index contributed by atoms with van der Waals surface area (Å²) in [6.45, 7) is 2.81. The van der Waals surface area contributed by atoms with Crippen LogP contribution in [0.15, 0.2) is 54.9 Å². The number of ether oxygens (including phenoxy) is 3. The highest BCUT2D eigenvalue weighted by Gasteiger charge is 2.31. The van der Waals surface area contributed by atoms with Gasteiger partial charge in [0.1, 0.15) is 12.4 Å². The van der Waals surface area contributed by atoms with Crippen LogP contribution >= 0.6 is 0 Å². The Kier molecular flexibility index (Phi) is 4.54. The second kappa shape index (κ2) is 7.37. The number of carboxylic acid groups (broad SMARTS) is 1. The summed E-state index contributed by atoms with van der Waals surface area (Å²) in [4.78, 5) is 15.3. The summed E-state index contributed by atoms with van der Waals surface area (Å²) in [7, 11) is 0. The molecule has 2 aromatic carbocycles. The molecule has 3 aromatic rings. The van der Waals surface area contributed by atoms with Crippen LogP contribution in [-0.2, 0) is 4.79 Å². The molecule has 0 fully saturated rings. The van der Waals surface area contributed by atoms with Gasteiger partial charge in [0.15, 0.2) is 17.6 Å². The van der Waals surface area contributed by atoms with Crippen molar-refractivity contribution in [3.8, 4) is 28.4 Å². The first-order chi connectivity index (χ1) is 14.6. The Morgan fingerprint density at radius 2 is 1.97 bits per heavy atom. The molecule has 2 atom stereocenters. The molecule has 30 heavy (non-hydrogen) atoms. The lowest BCUT2D eigenvalue weighted by molar-refractivity contribution is -0.137. The minimum absolute atomic E-state index is 0.0375. The highest BCUT2D eigenvalue weighted by molar-refractivity contribution is 5.69. The lowest BCUT2D eigenvalue weighted by atomic mass is 9.97. The largest absolute Gasteiger partial charge is 0.492 e. The molecule has 3 heterocycles. The van der Waals surface area contributed by atoms with E-state index in [4.69, 9.17) is 19.3 Å². The molecular weight excluding hydrogens is 382 g/mol. The average Bonchev–Trinajstić information content (AvgIpc) is 3.13. The summed E-state index contributed by atoms with van der Waals surface area (Å²) in [6, 6.07) is 13.9. The third-order valence-electron chi connectivity index (χ3n) is 5.64. The molecule has 0 aliphatic carbocycles. The zero-order valence-corrected chi connectivity index (χ0v) is 16.5. The molecule has 0 bridgehead atoms. The fraction of sp³-hybridized carbons (Fsp3) is 0.250. The topological polar surface area (TPSA) is 77.9 Å². The summed E-state index contributed by atoms with van der Waals surface area (Å²) in [5, 5.41) is 9.11. The number of hydrogen-bond donors (Lipinski definition) is 1. The summed E-state index contributed by atoms with van der Waals surface area (Å²) < 4.78 is 17.9. The van der Waals surface area contributed by atoms with Gasteiger partial charge >= 0.3 is 5.97 Å². The van der Waals surface area contributed by atoms with Gasteiger partial charge in [0.05, 0.1) is 13.0 Å². The Morgan fingerprint density at radius 1 is 1.10 bits per heavy atom. The fourth-order valence-corrected chi connectivity index (χ4v) is 4.06. The van der Waals surface area contributed by atoms with Crippen LogP contribution in [0.5, 0.6) is 17.2 Å². The van der Waals surface area contributed by atoms with E-state index in [9.17, 15) is 4.79 Å². The summed E-state index contributed by atoms with van der Waals surface area (Å²) in [6.07, 6.45) is 3.45. The van der Waals surface area contributed by atoms with Crippen LogP contribution in [-0.4, -0.2) is 29.3 Å². The first kappa shape index (κ1) is 18.5. The van der Waals surface area contributed by atoms with E-state index in [1.807, 2.05) is 36.5 Å². The van der Waals surface area contributed by atoms with E-state index >= 15 is 0 Å². The molecule has 1 aromatic heterocycles. The second-order valence-electron chi connectivity index (χ2n) is 7.68. The minimum atomic E-state index is -0.838. The summed E-state index contributed by atoms with van der Waals surface area (Å²) in [5.41, 5.74) is 5.23. The number of aromatic nitrogens is 1. The zero-order valence-electron chi connectivity index (χ0n) is 16.5. The molecule has 0 amide bonds. The van der Waals surface area contributed by atoms with Crippen LogP contribution in [0.2, 0.25) is 0 Å². The van der Waals surface area contributed by atoms with Gasteiger partial charge in [0, 0.05) is 35.5 Å². The average molecular weight is 403 g/mol. The van der Waals surface area contributed by atoms with Crippen LogP contribution in [0, 0.1) is 6.92 Å². The maximum absolute atomic E-state index is 11.1. The molecule has 1 unspecified atom stereocenters. The van der Waals surface area contributed by atoms with Gasteiger partial charge in [-0.1, -0.05) is 18.2 Å². The number of aliphatic carboxylic acids is 1. The Labute approximate surface area is 174 Å². The van der Waals surface area contributed by atoms with Crippen molar-refractivity contribution < 1.29 is 24.1 Å². The SMILES string of the molecule is Cc1ccncc1-c1cccc(C2COc3cc4c(cc3O2)OC[C@H]4CC(=O)O)c1. The number of benzene rings is 2. The number of aryl methyl sites for hydroxylation is 1. The maximum atomic E-state index is 11.1. The number of nitrogens with zero attached hydrogens (tertiary/aromatic N) is 1. The van der Waals surface area contributed by atoms with Crippen molar-refractivity contribution >= 4 is 5.97 Å². The van der Waals surface area contributed by atoms with E-state index in [2.05, 4.69) is 24.0 Å². The lowest BCUT2D eigenvalue weighted by Gasteiger charge is -2.27. The van der Waals surface area contributed by atoms with Crippen molar-refractivity contribution in [1.29, 1.82) is 0 Å². The number of hydrogen-bond acceptors (Lipinski definition) is 5. The number of fused-ring (bicyclic) bond motifs is 2. The molecule has 0 radical (unpaired) electrons. The van der Waals surface area contributed by atoms with Gasteiger partial charge in [-0.15, -0.1) is 0 Å². The van der Waals surface area contributed by atoms with Crippen molar-refractivity contribution in [2.24, 2.45) is 0 Å². The number of carboxylic acids is 1. The van der Waals surface area contributed by atoms with Gasteiger partial charge in [0.2, 0.25) is 0 Å². The second-order valence-corrected chi connectivity index (χ2v) is 7.68. The van der Waals surface area contributed by atoms with Crippen LogP contribution in [0.25, 0.3) is 11.1 Å². The van der Waals surface area contributed by atoms with E-state index < -0.39 is 5.97 Å². The predicted molar refractivity (Wildman–Crippen MR) is 110 cm³/mol. The highest BCUT2D eigenvalue weighted by atomic mass is 16.6. The molecule has 0 spiro atoms. The molecule has 1 N–H and O–H groups in total. The third-order valence-corrected chi connectivity index (χ3v) is 5.64. The van der Waals surface area contributed by atoms with Gasteiger partial charge in [-0.25, -0.2) is 0 Å². The van der Waals surface area contributed by atoms with Crippen molar-refractivity contribution in [3.05, 3.63) is 71.5 Å². The zero-order chi connectivity index (χ0) is 20.7. The van der Waals surface area contributed by atoms with E-state index in [0.717, 1.165) is 27.8 Å². The molecular formula is C24H21NO5. The van der Waals surface area contributed by atoms with Crippen LogP contribution in [0.3, 0.4) is 0 Å². The molecule has 152 valence electrons. The first-order valence-corrected chi connectivity index (χ1v) is 9.91.